The Kier molecular flexibility index (Phi) is 4.59. The first-order valence-corrected chi connectivity index (χ1v) is 8.87. The van der Waals surface area contributed by atoms with E-state index in [1.165, 1.54) is 0 Å². The number of carbonyl (C=O) groups is 1. The molecule has 1 aliphatic heterocycles. The van der Waals surface area contributed by atoms with Gasteiger partial charge in [-0.25, -0.2) is 0 Å². The van der Waals surface area contributed by atoms with Crippen LogP contribution in [0.3, 0.4) is 0 Å². The van der Waals surface area contributed by atoms with Crippen molar-refractivity contribution in [2.75, 3.05) is 39.4 Å². The van der Waals surface area contributed by atoms with Crippen LogP contribution >= 0.6 is 0 Å². The second-order valence-corrected chi connectivity index (χ2v) is 6.70. The zero-order valence-corrected chi connectivity index (χ0v) is 14.2. The molecule has 0 radical (unpaired) electrons. The second-order valence-electron chi connectivity index (χ2n) is 6.70. The fourth-order valence-corrected chi connectivity index (χ4v) is 3.26. The highest BCUT2D eigenvalue weighted by Crippen LogP contribution is 2.48. The van der Waals surface area contributed by atoms with Gasteiger partial charge in [0.15, 0.2) is 5.76 Å². The number of amides is 1. The Hall–Kier alpha value is -2.12. The lowest BCUT2D eigenvalue weighted by Gasteiger charge is -2.26. The molecule has 1 N–H and O–H groups in total. The normalized spacial score (nSPS) is 19.7. The van der Waals surface area contributed by atoms with Crippen LogP contribution in [-0.4, -0.2) is 55.4 Å². The van der Waals surface area contributed by atoms with Crippen LogP contribution in [0.1, 0.15) is 25.0 Å². The van der Waals surface area contributed by atoms with Crippen LogP contribution in [-0.2, 0) is 14.9 Å². The summed E-state index contributed by atoms with van der Waals surface area (Å²) in [5, 5.41) is 7.18. The largest absolute Gasteiger partial charge is 0.461 e. The number of hydrogen-bond acceptors (Lipinski definition) is 6. The number of nitrogens with one attached hydrogen (secondary N) is 1. The maximum Gasteiger partial charge on any atom is 0.232 e. The Balaban J connectivity index is 1.29. The van der Waals surface area contributed by atoms with Crippen LogP contribution < -0.4 is 5.32 Å². The smallest absolute Gasteiger partial charge is 0.232 e. The molecule has 1 saturated carbocycles. The Morgan fingerprint density at radius 2 is 2.12 bits per heavy atom. The van der Waals surface area contributed by atoms with Gasteiger partial charge in [0.1, 0.15) is 0 Å². The predicted molar refractivity (Wildman–Crippen MR) is 90.0 cm³/mol. The van der Waals surface area contributed by atoms with Crippen molar-refractivity contribution >= 4 is 5.91 Å². The van der Waals surface area contributed by atoms with Crippen LogP contribution in [0, 0.1) is 0 Å². The van der Waals surface area contributed by atoms with Crippen LogP contribution in [0.25, 0.3) is 11.5 Å². The Morgan fingerprint density at radius 1 is 1.28 bits per heavy atom. The standard InChI is InChI=1S/C18H23N3O4/c22-17(19-6-2-7-21-8-11-23-12-9-21)18(4-5-18)16-13-15(25-20-16)14-3-1-10-24-14/h1,3,10,13H,2,4-9,11-12H2,(H,19,22). The first kappa shape index (κ1) is 16.4. The van der Waals surface area contributed by atoms with Gasteiger partial charge in [0, 0.05) is 25.7 Å². The number of rotatable bonds is 7. The molecule has 1 aliphatic carbocycles. The third-order valence-corrected chi connectivity index (χ3v) is 4.99. The van der Waals surface area contributed by atoms with Gasteiger partial charge in [0.05, 0.1) is 30.6 Å². The average Bonchev–Trinajstić information content (AvgIpc) is 3.06. The van der Waals surface area contributed by atoms with E-state index >= 15 is 0 Å². The van der Waals surface area contributed by atoms with E-state index in [0.717, 1.165) is 52.1 Å². The molecule has 0 unspecified atom stereocenters. The van der Waals surface area contributed by atoms with Crippen LogP contribution in [0.15, 0.2) is 33.4 Å². The summed E-state index contributed by atoms with van der Waals surface area (Å²) >= 11 is 0. The summed E-state index contributed by atoms with van der Waals surface area (Å²) in [5.41, 5.74) is 0.178. The average molecular weight is 345 g/mol. The fourth-order valence-electron chi connectivity index (χ4n) is 3.26. The van der Waals surface area contributed by atoms with Gasteiger partial charge in [0.2, 0.25) is 11.7 Å². The third-order valence-electron chi connectivity index (χ3n) is 4.99. The molecule has 7 heteroatoms. The topological polar surface area (TPSA) is 80.7 Å². The van der Waals surface area contributed by atoms with E-state index in [9.17, 15) is 4.79 Å². The maximum absolute atomic E-state index is 12.6. The van der Waals surface area contributed by atoms with Crippen molar-refractivity contribution in [2.45, 2.75) is 24.7 Å². The molecule has 2 aliphatic rings. The van der Waals surface area contributed by atoms with Crippen molar-refractivity contribution in [3.05, 3.63) is 30.2 Å². The van der Waals surface area contributed by atoms with Gasteiger partial charge in [-0.05, 0) is 37.9 Å². The van der Waals surface area contributed by atoms with Gasteiger partial charge in [-0.2, -0.15) is 0 Å². The minimum Gasteiger partial charge on any atom is -0.461 e. The van der Waals surface area contributed by atoms with Crippen molar-refractivity contribution < 1.29 is 18.5 Å². The van der Waals surface area contributed by atoms with Crippen LogP contribution in [0.5, 0.6) is 0 Å². The van der Waals surface area contributed by atoms with Gasteiger partial charge in [-0.15, -0.1) is 0 Å². The highest BCUT2D eigenvalue weighted by molar-refractivity contribution is 5.90. The van der Waals surface area contributed by atoms with Crippen molar-refractivity contribution in [3.63, 3.8) is 0 Å². The number of furan rings is 1. The van der Waals surface area contributed by atoms with E-state index in [0.29, 0.717) is 23.8 Å². The van der Waals surface area contributed by atoms with Gasteiger partial charge in [-0.3, -0.25) is 9.69 Å². The lowest BCUT2D eigenvalue weighted by Crippen LogP contribution is -2.39. The monoisotopic (exact) mass is 345 g/mol. The number of morpholine rings is 1. The molecule has 0 atom stereocenters. The van der Waals surface area contributed by atoms with E-state index in [2.05, 4.69) is 15.4 Å². The highest BCUT2D eigenvalue weighted by atomic mass is 16.5. The van der Waals surface area contributed by atoms with E-state index in [-0.39, 0.29) is 5.91 Å². The molecule has 2 aromatic rings. The van der Waals surface area contributed by atoms with Crippen molar-refractivity contribution in [1.29, 1.82) is 0 Å². The molecule has 4 rings (SSSR count). The fraction of sp³-hybridized carbons (Fsp3) is 0.556. The van der Waals surface area contributed by atoms with Gasteiger partial charge in [-0.1, -0.05) is 5.16 Å². The molecule has 0 bridgehead atoms. The molecule has 1 saturated heterocycles. The molecule has 25 heavy (non-hydrogen) atoms. The van der Waals surface area contributed by atoms with Gasteiger partial charge in [0.25, 0.3) is 0 Å². The molecule has 3 heterocycles. The quantitative estimate of drug-likeness (QED) is 0.771. The highest BCUT2D eigenvalue weighted by Gasteiger charge is 2.53. The van der Waals surface area contributed by atoms with E-state index in [1.54, 1.807) is 12.3 Å². The number of ether oxygens (including phenoxy) is 1. The lowest BCUT2D eigenvalue weighted by atomic mass is 10.0. The van der Waals surface area contributed by atoms with Crippen molar-refractivity contribution in [1.82, 2.24) is 15.4 Å². The lowest BCUT2D eigenvalue weighted by molar-refractivity contribution is -0.123. The summed E-state index contributed by atoms with van der Waals surface area (Å²) in [6.45, 7) is 5.24. The molecule has 0 spiro atoms. The number of nitrogens with zero attached hydrogens (tertiary/aromatic N) is 2. The van der Waals surface area contributed by atoms with E-state index in [1.807, 2.05) is 12.1 Å². The minimum absolute atomic E-state index is 0.0498. The number of aromatic nitrogens is 1. The first-order chi connectivity index (χ1) is 12.3. The number of hydrogen-bond donors (Lipinski definition) is 1. The summed E-state index contributed by atoms with van der Waals surface area (Å²) in [6, 6.07) is 5.43. The molecule has 7 nitrogen and oxygen atoms in total. The van der Waals surface area contributed by atoms with Crippen LogP contribution in [0.2, 0.25) is 0 Å². The van der Waals surface area contributed by atoms with E-state index in [4.69, 9.17) is 13.7 Å². The first-order valence-electron chi connectivity index (χ1n) is 8.87. The predicted octanol–water partition coefficient (Wildman–Crippen LogP) is 1.80. The van der Waals surface area contributed by atoms with Gasteiger partial charge >= 0.3 is 0 Å². The van der Waals surface area contributed by atoms with E-state index < -0.39 is 5.41 Å². The molecule has 0 aromatic carbocycles. The van der Waals surface area contributed by atoms with Gasteiger partial charge < -0.3 is 19.0 Å². The maximum atomic E-state index is 12.6. The Morgan fingerprint density at radius 3 is 2.84 bits per heavy atom. The zero-order chi connectivity index (χ0) is 17.1. The molecule has 2 aromatic heterocycles. The Labute approximate surface area is 146 Å². The number of carbonyl (C=O) groups excluding carboxylic acids is 1. The molecule has 2 fully saturated rings. The zero-order valence-electron chi connectivity index (χ0n) is 14.2. The van der Waals surface area contributed by atoms with Crippen molar-refractivity contribution in [2.24, 2.45) is 0 Å². The minimum atomic E-state index is -0.521. The van der Waals surface area contributed by atoms with Crippen molar-refractivity contribution in [3.8, 4) is 11.5 Å². The third kappa shape index (κ3) is 3.48. The second kappa shape index (κ2) is 7.01. The summed E-state index contributed by atoms with van der Waals surface area (Å²) in [5.74, 6) is 1.24. The molecular weight excluding hydrogens is 322 g/mol. The summed E-state index contributed by atoms with van der Waals surface area (Å²) in [4.78, 5) is 15.0. The molecular formula is C18H23N3O4. The summed E-state index contributed by atoms with van der Waals surface area (Å²) in [7, 11) is 0. The SMILES string of the molecule is O=C(NCCCN1CCOCC1)C1(c2cc(-c3ccco3)on2)CC1. The molecule has 1 amide bonds. The molecule has 134 valence electrons. The summed E-state index contributed by atoms with van der Waals surface area (Å²) in [6.07, 6.45) is 4.16. The summed E-state index contributed by atoms with van der Waals surface area (Å²) < 4.78 is 16.0. The Bertz CT molecular complexity index is 700. The van der Waals surface area contributed by atoms with Crippen LogP contribution in [0.4, 0.5) is 0 Å².